The molecule has 0 N–H and O–H groups in total. The molecule has 3 aromatic carbocycles. The van der Waals surface area contributed by atoms with Crippen molar-refractivity contribution in [3.8, 4) is 5.75 Å². The van der Waals surface area contributed by atoms with Crippen LogP contribution in [0.5, 0.6) is 5.75 Å². The third-order valence-electron chi connectivity index (χ3n) is 4.76. The van der Waals surface area contributed by atoms with Gasteiger partial charge in [0.2, 0.25) is 0 Å². The number of imidazole rings is 1. The Morgan fingerprint density at radius 1 is 1.16 bits per heavy atom. The van der Waals surface area contributed by atoms with E-state index in [1.807, 2.05) is 30.3 Å². The summed E-state index contributed by atoms with van der Waals surface area (Å²) in [5.74, 6) is 0.187. The van der Waals surface area contributed by atoms with Crippen LogP contribution in [0.2, 0.25) is 5.02 Å². The first kappa shape index (κ1) is 20.2. The average Bonchev–Trinajstić information content (AvgIpc) is 3.25. The minimum absolute atomic E-state index is 0.113. The number of rotatable bonds is 4. The predicted octanol–water partition coefficient (Wildman–Crippen LogP) is 5.59. The molecule has 0 atom stereocenters. The molecule has 0 saturated heterocycles. The Hall–Kier alpha value is -2.74. The Morgan fingerprint density at radius 3 is 2.71 bits per heavy atom. The highest BCUT2D eigenvalue weighted by Crippen LogP contribution is 2.35. The summed E-state index contributed by atoms with van der Waals surface area (Å²) in [7, 11) is 0. The minimum Gasteiger partial charge on any atom is -0.486 e. The van der Waals surface area contributed by atoms with E-state index in [2.05, 4.69) is 20.9 Å². The SMILES string of the molecule is O=c1/c(=C/c2cc(Cl)c(OCc3ccc(F)cc3)c(Br)c2)sc2nc3ccccc3n12. The second kappa shape index (κ2) is 8.07. The molecule has 0 saturated carbocycles. The van der Waals surface area contributed by atoms with E-state index in [-0.39, 0.29) is 18.0 Å². The number of fused-ring (bicyclic) bond motifs is 3. The van der Waals surface area contributed by atoms with Gasteiger partial charge in [0, 0.05) is 0 Å². The lowest BCUT2D eigenvalue weighted by atomic mass is 10.2. The van der Waals surface area contributed by atoms with Crippen LogP contribution in [0.4, 0.5) is 4.39 Å². The molecule has 0 amide bonds. The Bertz CT molecular complexity index is 1520. The maximum absolute atomic E-state index is 13.1. The first-order valence-corrected chi connectivity index (χ1v) is 11.3. The van der Waals surface area contributed by atoms with Crippen LogP contribution in [0.1, 0.15) is 11.1 Å². The van der Waals surface area contributed by atoms with Crippen LogP contribution < -0.4 is 14.8 Å². The molecule has 2 aromatic heterocycles. The summed E-state index contributed by atoms with van der Waals surface area (Å²) < 4.78 is 21.7. The molecule has 154 valence electrons. The zero-order valence-electron chi connectivity index (χ0n) is 15.8. The van der Waals surface area contributed by atoms with Crippen molar-refractivity contribution < 1.29 is 9.13 Å². The maximum atomic E-state index is 13.1. The monoisotopic (exact) mass is 514 g/mol. The Balaban J connectivity index is 1.48. The molecule has 31 heavy (non-hydrogen) atoms. The Morgan fingerprint density at radius 2 is 1.94 bits per heavy atom. The fourth-order valence-electron chi connectivity index (χ4n) is 3.30. The van der Waals surface area contributed by atoms with Crippen molar-refractivity contribution in [3.05, 3.63) is 102 Å². The summed E-state index contributed by atoms with van der Waals surface area (Å²) in [5, 5.41) is 0.405. The first-order valence-electron chi connectivity index (χ1n) is 9.27. The molecule has 8 heteroatoms. The number of benzene rings is 3. The van der Waals surface area contributed by atoms with Crippen molar-refractivity contribution >= 4 is 60.9 Å². The van der Waals surface area contributed by atoms with E-state index >= 15 is 0 Å². The van der Waals surface area contributed by atoms with Crippen molar-refractivity contribution in [3.63, 3.8) is 0 Å². The number of para-hydroxylation sites is 2. The van der Waals surface area contributed by atoms with Crippen LogP contribution in [0, 0.1) is 5.82 Å². The van der Waals surface area contributed by atoms with Gasteiger partial charge in [-0.1, -0.05) is 47.2 Å². The minimum atomic E-state index is -0.297. The van der Waals surface area contributed by atoms with E-state index in [0.717, 1.165) is 22.2 Å². The third-order valence-corrected chi connectivity index (χ3v) is 6.60. The summed E-state index contributed by atoms with van der Waals surface area (Å²) in [6.45, 7) is 0.252. The lowest BCUT2D eigenvalue weighted by Crippen LogP contribution is -2.22. The van der Waals surface area contributed by atoms with Crippen molar-refractivity contribution in [1.82, 2.24) is 9.38 Å². The van der Waals surface area contributed by atoms with Crippen LogP contribution in [0.25, 0.3) is 22.1 Å². The molecule has 0 fully saturated rings. The number of thiazole rings is 1. The average molecular weight is 516 g/mol. The van der Waals surface area contributed by atoms with E-state index in [4.69, 9.17) is 16.3 Å². The van der Waals surface area contributed by atoms with Crippen LogP contribution in [0.15, 0.2) is 69.9 Å². The standard InChI is InChI=1S/C23H13BrClFN2O2S/c24-16-9-14(10-17(25)21(16)30-12-13-5-7-15(26)8-6-13)11-20-22(29)28-19-4-2-1-3-18(19)27-23(28)31-20/h1-11H,12H2/b20-11-. The summed E-state index contributed by atoms with van der Waals surface area (Å²) >= 11 is 11.3. The molecular formula is C23H13BrClFN2O2S. The van der Waals surface area contributed by atoms with Gasteiger partial charge in [0.25, 0.3) is 5.56 Å². The van der Waals surface area contributed by atoms with Crippen molar-refractivity contribution in [2.45, 2.75) is 6.61 Å². The van der Waals surface area contributed by atoms with Gasteiger partial charge in [0.15, 0.2) is 10.7 Å². The molecule has 0 radical (unpaired) electrons. The second-order valence-electron chi connectivity index (χ2n) is 6.86. The summed E-state index contributed by atoms with van der Waals surface area (Å²) in [6.07, 6.45) is 1.79. The zero-order valence-corrected chi connectivity index (χ0v) is 19.0. The highest BCUT2D eigenvalue weighted by Gasteiger charge is 2.12. The molecule has 0 unspecified atom stereocenters. The van der Waals surface area contributed by atoms with Crippen molar-refractivity contribution in [2.75, 3.05) is 0 Å². The van der Waals surface area contributed by atoms with Gasteiger partial charge in [0.1, 0.15) is 12.4 Å². The molecule has 0 spiro atoms. The second-order valence-corrected chi connectivity index (χ2v) is 9.13. The molecule has 5 aromatic rings. The zero-order chi connectivity index (χ0) is 21.5. The predicted molar refractivity (Wildman–Crippen MR) is 126 cm³/mol. The van der Waals surface area contributed by atoms with E-state index in [1.54, 1.807) is 28.7 Å². The number of nitrogens with zero attached hydrogens (tertiary/aromatic N) is 2. The molecule has 0 bridgehead atoms. The summed E-state index contributed by atoms with van der Waals surface area (Å²) in [6, 6.07) is 17.2. The number of hydrogen-bond donors (Lipinski definition) is 0. The Kier molecular flexibility index (Phi) is 5.25. The topological polar surface area (TPSA) is 43.6 Å². The maximum Gasteiger partial charge on any atom is 0.274 e. The smallest absolute Gasteiger partial charge is 0.274 e. The highest BCUT2D eigenvalue weighted by molar-refractivity contribution is 9.10. The van der Waals surface area contributed by atoms with E-state index in [9.17, 15) is 9.18 Å². The highest BCUT2D eigenvalue weighted by atomic mass is 79.9. The van der Waals surface area contributed by atoms with Gasteiger partial charge in [-0.05, 0) is 69.5 Å². The lowest BCUT2D eigenvalue weighted by Gasteiger charge is -2.11. The molecule has 2 heterocycles. The van der Waals surface area contributed by atoms with Crippen molar-refractivity contribution in [1.29, 1.82) is 0 Å². The van der Waals surface area contributed by atoms with Gasteiger partial charge in [-0.2, -0.15) is 0 Å². The van der Waals surface area contributed by atoms with Crippen LogP contribution in [-0.2, 0) is 6.61 Å². The van der Waals surface area contributed by atoms with Crippen LogP contribution in [-0.4, -0.2) is 9.38 Å². The van der Waals surface area contributed by atoms with Gasteiger partial charge < -0.3 is 4.74 Å². The van der Waals surface area contributed by atoms with Gasteiger partial charge >= 0.3 is 0 Å². The molecule has 4 nitrogen and oxygen atoms in total. The van der Waals surface area contributed by atoms with Gasteiger partial charge in [-0.15, -0.1) is 0 Å². The third kappa shape index (κ3) is 3.84. The van der Waals surface area contributed by atoms with Crippen LogP contribution in [0.3, 0.4) is 0 Å². The van der Waals surface area contributed by atoms with E-state index in [0.29, 0.717) is 24.7 Å². The molecule has 0 aliphatic heterocycles. The molecule has 0 aliphatic carbocycles. The van der Waals surface area contributed by atoms with E-state index < -0.39 is 0 Å². The first-order chi connectivity index (χ1) is 15.0. The van der Waals surface area contributed by atoms with Gasteiger partial charge in [-0.25, -0.2) is 13.8 Å². The lowest BCUT2D eigenvalue weighted by molar-refractivity contribution is 0.304. The number of aromatic nitrogens is 2. The molecule has 5 rings (SSSR count). The van der Waals surface area contributed by atoms with Gasteiger partial charge in [0.05, 0.1) is 25.1 Å². The fourth-order valence-corrected chi connectivity index (χ4v) is 5.28. The molecule has 0 aliphatic rings. The Labute approximate surface area is 193 Å². The largest absolute Gasteiger partial charge is 0.486 e. The quantitative estimate of drug-likeness (QED) is 0.313. The van der Waals surface area contributed by atoms with Crippen molar-refractivity contribution in [2.24, 2.45) is 0 Å². The summed E-state index contributed by atoms with van der Waals surface area (Å²) in [4.78, 5) is 18.1. The van der Waals surface area contributed by atoms with E-state index in [1.165, 1.54) is 23.5 Å². The summed E-state index contributed by atoms with van der Waals surface area (Å²) in [5.41, 5.74) is 3.06. The number of halogens is 3. The number of ether oxygens (including phenoxy) is 1. The van der Waals surface area contributed by atoms with Crippen LogP contribution >= 0.6 is 38.9 Å². The van der Waals surface area contributed by atoms with Gasteiger partial charge in [-0.3, -0.25) is 4.79 Å². The normalized spacial score (nSPS) is 12.2. The number of hydrogen-bond acceptors (Lipinski definition) is 4. The fraction of sp³-hybridized carbons (Fsp3) is 0.0435. The molecular weight excluding hydrogens is 503 g/mol.